The summed E-state index contributed by atoms with van der Waals surface area (Å²) < 4.78 is 20.2. The monoisotopic (exact) mass is 180 g/mol. The largest absolute Gasteiger partial charge is 0.382 e. The zero-order valence-electron chi connectivity index (χ0n) is 6.52. The average Bonchev–Trinajstić information content (AvgIpc) is 1.87. The summed E-state index contributed by atoms with van der Waals surface area (Å²) in [5, 5.41) is 0. The van der Waals surface area contributed by atoms with Crippen LogP contribution in [0.2, 0.25) is 0 Å². The lowest BCUT2D eigenvalue weighted by atomic mass is 10.8. The van der Waals surface area contributed by atoms with Crippen LogP contribution >= 0.6 is 7.60 Å². The molecule has 0 saturated heterocycles. The first-order chi connectivity index (χ1) is 5.12. The Kier molecular flexibility index (Phi) is 5.42. The van der Waals surface area contributed by atoms with E-state index in [4.69, 9.17) is 4.89 Å². The van der Waals surface area contributed by atoms with E-state index >= 15 is 0 Å². The van der Waals surface area contributed by atoms with Gasteiger partial charge in [0.05, 0.1) is 19.4 Å². The van der Waals surface area contributed by atoms with E-state index < -0.39 is 7.60 Å². The maximum absolute atomic E-state index is 10.9. The first-order valence-electron chi connectivity index (χ1n) is 3.18. The molecule has 0 radical (unpaired) electrons. The predicted molar refractivity (Wildman–Crippen MR) is 42.7 cm³/mol. The zero-order chi connectivity index (χ0) is 8.74. The van der Waals surface area contributed by atoms with Crippen molar-refractivity contribution in [3.63, 3.8) is 0 Å². The molecule has 0 aliphatic heterocycles. The van der Waals surface area contributed by atoms with Gasteiger partial charge in [-0.3, -0.25) is 4.57 Å². The van der Waals surface area contributed by atoms with Crippen LogP contribution in [0.4, 0.5) is 0 Å². The molecule has 0 spiro atoms. The molecule has 0 aromatic carbocycles. The van der Waals surface area contributed by atoms with E-state index in [2.05, 4.69) is 15.8 Å². The molecular weight excluding hydrogens is 167 g/mol. The second kappa shape index (κ2) is 5.49. The summed E-state index contributed by atoms with van der Waals surface area (Å²) in [6, 6.07) is 0. The minimum atomic E-state index is -3.42. The van der Waals surface area contributed by atoms with Crippen molar-refractivity contribution in [3.05, 3.63) is 12.7 Å². The topological polar surface area (TPSA) is 55.8 Å². The molecular formula is C6H13O4P. The molecule has 0 fully saturated rings. The number of rotatable bonds is 6. The minimum Gasteiger partial charge on any atom is -0.382 e. The van der Waals surface area contributed by atoms with Gasteiger partial charge in [-0.25, -0.2) is 0 Å². The van der Waals surface area contributed by atoms with Crippen molar-refractivity contribution < 1.29 is 18.7 Å². The van der Waals surface area contributed by atoms with Crippen molar-refractivity contribution in [2.75, 3.05) is 26.5 Å². The zero-order valence-corrected chi connectivity index (χ0v) is 7.42. The van der Waals surface area contributed by atoms with Crippen LogP contribution in [0, 0.1) is 0 Å². The average molecular weight is 180 g/mol. The molecule has 0 heterocycles. The van der Waals surface area contributed by atoms with Gasteiger partial charge in [0, 0.05) is 7.11 Å². The van der Waals surface area contributed by atoms with Crippen molar-refractivity contribution in [2.45, 2.75) is 0 Å². The summed E-state index contributed by atoms with van der Waals surface area (Å²) in [5.74, 6) is 0. The number of hydrogen-bond acceptors (Lipinski definition) is 3. The molecule has 0 amide bonds. The van der Waals surface area contributed by atoms with E-state index in [1.54, 1.807) is 0 Å². The second-order valence-corrected chi connectivity index (χ2v) is 3.83. The number of hydrogen-bond donors (Lipinski definition) is 1. The highest BCUT2D eigenvalue weighted by atomic mass is 31.2. The molecule has 0 aromatic heterocycles. The Bertz CT molecular complexity index is 157. The van der Waals surface area contributed by atoms with Crippen molar-refractivity contribution >= 4 is 7.60 Å². The first kappa shape index (κ1) is 10.8. The molecule has 0 aliphatic rings. The Morgan fingerprint density at radius 1 is 1.64 bits per heavy atom. The van der Waals surface area contributed by atoms with Crippen LogP contribution in [0.15, 0.2) is 12.7 Å². The van der Waals surface area contributed by atoms with Gasteiger partial charge in [0.15, 0.2) is 0 Å². The van der Waals surface area contributed by atoms with Crippen LogP contribution in [0.1, 0.15) is 0 Å². The molecule has 0 rings (SSSR count). The molecule has 0 aromatic rings. The standard InChI is InChI=1S/C6H13O4P/c1-3-6-11(7,8)10-5-4-9-2/h3H,1,4-6H2,2H3,(H,7,8). The Balaban J connectivity index is 3.55. The molecule has 1 unspecified atom stereocenters. The van der Waals surface area contributed by atoms with E-state index in [0.29, 0.717) is 6.61 Å². The lowest BCUT2D eigenvalue weighted by molar-refractivity contribution is 0.138. The van der Waals surface area contributed by atoms with Gasteiger partial charge in [-0.2, -0.15) is 0 Å². The Morgan fingerprint density at radius 2 is 2.27 bits per heavy atom. The molecule has 11 heavy (non-hydrogen) atoms. The van der Waals surface area contributed by atoms with Crippen LogP contribution < -0.4 is 0 Å². The third-order valence-corrected chi connectivity index (χ3v) is 2.25. The number of methoxy groups -OCH3 is 1. The van der Waals surface area contributed by atoms with Crippen LogP contribution in [0.3, 0.4) is 0 Å². The summed E-state index contributed by atoms with van der Waals surface area (Å²) in [6.07, 6.45) is 1.34. The van der Waals surface area contributed by atoms with E-state index in [0.717, 1.165) is 0 Å². The fourth-order valence-corrected chi connectivity index (χ4v) is 1.27. The summed E-state index contributed by atoms with van der Waals surface area (Å²) in [5.41, 5.74) is 0. The lowest BCUT2D eigenvalue weighted by Crippen LogP contribution is -2.01. The lowest BCUT2D eigenvalue weighted by Gasteiger charge is -2.08. The van der Waals surface area contributed by atoms with E-state index in [-0.39, 0.29) is 12.8 Å². The molecule has 0 aliphatic carbocycles. The molecule has 5 heteroatoms. The summed E-state index contributed by atoms with van der Waals surface area (Å²) in [4.78, 5) is 8.95. The third kappa shape index (κ3) is 6.26. The third-order valence-electron chi connectivity index (χ3n) is 0.940. The Hall–Kier alpha value is -0.150. The minimum absolute atomic E-state index is 0.0171. The van der Waals surface area contributed by atoms with Gasteiger partial charge in [0.1, 0.15) is 0 Å². The normalized spacial score (nSPS) is 15.8. The summed E-state index contributed by atoms with van der Waals surface area (Å²) in [7, 11) is -1.92. The number of ether oxygens (including phenoxy) is 1. The van der Waals surface area contributed by atoms with Crippen LogP contribution in [0.25, 0.3) is 0 Å². The maximum atomic E-state index is 10.9. The van der Waals surface area contributed by atoms with Crippen molar-refractivity contribution in [3.8, 4) is 0 Å². The highest BCUT2D eigenvalue weighted by Gasteiger charge is 2.15. The van der Waals surface area contributed by atoms with E-state index in [1.807, 2.05) is 0 Å². The molecule has 1 atom stereocenters. The van der Waals surface area contributed by atoms with Gasteiger partial charge >= 0.3 is 7.60 Å². The summed E-state index contributed by atoms with van der Waals surface area (Å²) in [6.45, 7) is 3.79. The fraction of sp³-hybridized carbons (Fsp3) is 0.667. The van der Waals surface area contributed by atoms with Gasteiger partial charge in [-0.05, 0) is 0 Å². The van der Waals surface area contributed by atoms with Crippen molar-refractivity contribution in [2.24, 2.45) is 0 Å². The van der Waals surface area contributed by atoms with E-state index in [9.17, 15) is 4.57 Å². The van der Waals surface area contributed by atoms with Crippen molar-refractivity contribution in [1.82, 2.24) is 0 Å². The first-order valence-corrected chi connectivity index (χ1v) is 4.95. The smallest absolute Gasteiger partial charge is 0.331 e. The molecule has 66 valence electrons. The highest BCUT2D eigenvalue weighted by molar-refractivity contribution is 7.53. The highest BCUT2D eigenvalue weighted by Crippen LogP contribution is 2.41. The Labute approximate surface area is 66.4 Å². The molecule has 4 nitrogen and oxygen atoms in total. The molecule has 0 saturated carbocycles. The van der Waals surface area contributed by atoms with Crippen molar-refractivity contribution in [1.29, 1.82) is 0 Å². The van der Waals surface area contributed by atoms with E-state index in [1.165, 1.54) is 13.2 Å². The van der Waals surface area contributed by atoms with Gasteiger partial charge in [-0.15, -0.1) is 6.58 Å². The molecule has 0 bridgehead atoms. The molecule has 1 N–H and O–H groups in total. The van der Waals surface area contributed by atoms with Crippen LogP contribution in [0.5, 0.6) is 0 Å². The SMILES string of the molecule is C=CCP(=O)(O)OCCOC. The Morgan fingerprint density at radius 3 is 2.73 bits per heavy atom. The predicted octanol–water partition coefficient (Wildman–Crippen LogP) is 1.02. The quantitative estimate of drug-likeness (QED) is 0.376. The van der Waals surface area contributed by atoms with Gasteiger partial charge in [0.25, 0.3) is 0 Å². The van der Waals surface area contributed by atoms with Crippen LogP contribution in [-0.2, 0) is 13.8 Å². The van der Waals surface area contributed by atoms with Gasteiger partial charge in [-0.1, -0.05) is 6.08 Å². The van der Waals surface area contributed by atoms with Crippen LogP contribution in [-0.4, -0.2) is 31.4 Å². The van der Waals surface area contributed by atoms with Gasteiger partial charge in [0.2, 0.25) is 0 Å². The summed E-state index contributed by atoms with van der Waals surface area (Å²) >= 11 is 0. The fourth-order valence-electron chi connectivity index (χ4n) is 0.479. The second-order valence-electron chi connectivity index (χ2n) is 1.93. The maximum Gasteiger partial charge on any atom is 0.331 e. The van der Waals surface area contributed by atoms with Gasteiger partial charge < -0.3 is 14.2 Å². The number of allylic oxidation sites excluding steroid dienone is 1.